The van der Waals surface area contributed by atoms with Crippen LogP contribution in [0.15, 0.2) is 54.6 Å². The molecule has 1 aliphatic rings. The number of rotatable bonds is 3. The van der Waals surface area contributed by atoms with E-state index in [1.807, 2.05) is 63.3 Å². The largest absolute Gasteiger partial charge is 0.340 e. The molecule has 1 aromatic rings. The highest BCUT2D eigenvalue weighted by molar-refractivity contribution is 5.21. The first kappa shape index (κ1) is 14.9. The summed E-state index contributed by atoms with van der Waals surface area (Å²) in [6.45, 7) is 5.54. The van der Waals surface area contributed by atoms with Crippen molar-refractivity contribution < 1.29 is 13.9 Å². The number of halogens is 1. The van der Waals surface area contributed by atoms with Gasteiger partial charge in [0.05, 0.1) is 0 Å². The number of allylic oxidation sites excluding steroid dienone is 3. The Morgan fingerprint density at radius 2 is 1.80 bits per heavy atom. The van der Waals surface area contributed by atoms with Crippen molar-refractivity contribution in [1.82, 2.24) is 0 Å². The molecule has 0 radical (unpaired) electrons. The highest BCUT2D eigenvalue weighted by Gasteiger charge is 2.43. The molecule has 0 amide bonds. The van der Waals surface area contributed by atoms with E-state index in [2.05, 4.69) is 0 Å². The molecule has 0 aromatic heterocycles. The fourth-order valence-corrected chi connectivity index (χ4v) is 2.29. The third-order valence-corrected chi connectivity index (χ3v) is 3.17. The van der Waals surface area contributed by atoms with Crippen LogP contribution in [-0.4, -0.2) is 18.1 Å². The van der Waals surface area contributed by atoms with E-state index in [0.717, 1.165) is 5.56 Å². The van der Waals surface area contributed by atoms with Crippen molar-refractivity contribution in [2.75, 3.05) is 0 Å². The molecule has 1 aromatic carbocycles. The van der Waals surface area contributed by atoms with Crippen molar-refractivity contribution in [1.29, 1.82) is 0 Å². The average molecular weight is 276 g/mol. The van der Waals surface area contributed by atoms with Crippen molar-refractivity contribution in [3.8, 4) is 0 Å². The van der Waals surface area contributed by atoms with Crippen molar-refractivity contribution >= 4 is 0 Å². The molecule has 108 valence electrons. The number of hydrogen-bond donors (Lipinski definition) is 0. The van der Waals surface area contributed by atoms with E-state index in [1.165, 1.54) is 0 Å². The Kier molecular flexibility index (Phi) is 4.73. The molecule has 0 aliphatic carbocycles. The highest BCUT2D eigenvalue weighted by Crippen LogP contribution is 2.38. The van der Waals surface area contributed by atoms with Crippen LogP contribution in [-0.2, 0) is 9.47 Å². The summed E-state index contributed by atoms with van der Waals surface area (Å²) in [6, 6.07) is 9.44. The molecule has 0 unspecified atom stereocenters. The standard InChI is InChI=1S/C17H21FO2/c1-4-5-7-12-14-15(18)16(20-17(2,3)19-14)13-10-8-6-9-11-13/h4-12,14-16H,1-3H3/b5-4+,12-7+/t14-,15+,16+/m0/s1. The molecule has 1 aliphatic heterocycles. The van der Waals surface area contributed by atoms with E-state index < -0.39 is 24.2 Å². The van der Waals surface area contributed by atoms with E-state index in [-0.39, 0.29) is 0 Å². The van der Waals surface area contributed by atoms with E-state index in [4.69, 9.17) is 9.47 Å². The van der Waals surface area contributed by atoms with Gasteiger partial charge in [-0.2, -0.15) is 0 Å². The molecule has 1 heterocycles. The topological polar surface area (TPSA) is 18.5 Å². The quantitative estimate of drug-likeness (QED) is 0.764. The van der Waals surface area contributed by atoms with Gasteiger partial charge in [0, 0.05) is 0 Å². The van der Waals surface area contributed by atoms with E-state index in [0.29, 0.717) is 0 Å². The van der Waals surface area contributed by atoms with Gasteiger partial charge in [-0.1, -0.05) is 54.6 Å². The minimum absolute atomic E-state index is 0.611. The fraction of sp³-hybridized carbons (Fsp3) is 0.412. The van der Waals surface area contributed by atoms with Crippen molar-refractivity contribution in [2.45, 2.75) is 44.9 Å². The van der Waals surface area contributed by atoms with Gasteiger partial charge in [-0.25, -0.2) is 4.39 Å². The normalized spacial score (nSPS) is 30.1. The molecule has 0 spiro atoms. The molecule has 1 saturated heterocycles. The number of ether oxygens (including phenoxy) is 2. The predicted octanol–water partition coefficient (Wildman–Crippen LogP) is 4.35. The molecule has 1 fully saturated rings. The molecule has 3 atom stereocenters. The summed E-state index contributed by atoms with van der Waals surface area (Å²) in [5.74, 6) is -0.811. The first-order valence-electron chi connectivity index (χ1n) is 6.87. The second-order valence-corrected chi connectivity index (χ2v) is 5.29. The van der Waals surface area contributed by atoms with Gasteiger partial charge in [-0.05, 0) is 26.3 Å². The predicted molar refractivity (Wildman–Crippen MR) is 78.1 cm³/mol. The zero-order chi connectivity index (χ0) is 14.6. The monoisotopic (exact) mass is 276 g/mol. The smallest absolute Gasteiger partial charge is 0.164 e. The summed E-state index contributed by atoms with van der Waals surface area (Å²) in [5.41, 5.74) is 0.834. The molecule has 0 N–H and O–H groups in total. The van der Waals surface area contributed by atoms with Crippen LogP contribution in [0, 0.1) is 0 Å². The number of benzene rings is 1. The van der Waals surface area contributed by atoms with Crippen LogP contribution >= 0.6 is 0 Å². The third kappa shape index (κ3) is 3.56. The van der Waals surface area contributed by atoms with Gasteiger partial charge in [0.15, 0.2) is 12.0 Å². The molecular formula is C17H21FO2. The molecule has 2 rings (SSSR count). The SMILES string of the molecule is C/C=C/C=C/[C@@H]1OC(C)(C)O[C@H](c2ccccc2)[C@@H]1F. The maximum atomic E-state index is 14.6. The van der Waals surface area contributed by atoms with Crippen molar-refractivity contribution in [2.24, 2.45) is 0 Å². The lowest BCUT2D eigenvalue weighted by Gasteiger charge is -2.42. The van der Waals surface area contributed by atoms with Crippen LogP contribution in [0.5, 0.6) is 0 Å². The lowest BCUT2D eigenvalue weighted by molar-refractivity contribution is -0.314. The molecule has 0 saturated carbocycles. The molecular weight excluding hydrogens is 255 g/mol. The lowest BCUT2D eigenvalue weighted by Crippen LogP contribution is -2.47. The fourth-order valence-electron chi connectivity index (χ4n) is 2.29. The lowest BCUT2D eigenvalue weighted by atomic mass is 9.98. The zero-order valence-electron chi connectivity index (χ0n) is 12.1. The molecule has 2 nitrogen and oxygen atoms in total. The maximum absolute atomic E-state index is 14.6. The van der Waals surface area contributed by atoms with E-state index in [1.54, 1.807) is 12.2 Å². The van der Waals surface area contributed by atoms with Gasteiger partial charge < -0.3 is 9.47 Å². The van der Waals surface area contributed by atoms with Crippen LogP contribution in [0.1, 0.15) is 32.4 Å². The second kappa shape index (κ2) is 6.33. The summed E-state index contributed by atoms with van der Waals surface area (Å²) in [6.07, 6.45) is 4.84. The third-order valence-electron chi connectivity index (χ3n) is 3.17. The van der Waals surface area contributed by atoms with Gasteiger partial charge >= 0.3 is 0 Å². The van der Waals surface area contributed by atoms with Gasteiger partial charge in [0.2, 0.25) is 0 Å². The second-order valence-electron chi connectivity index (χ2n) is 5.29. The minimum atomic E-state index is -1.23. The summed E-state index contributed by atoms with van der Waals surface area (Å²) in [4.78, 5) is 0. The Labute approximate surface area is 119 Å². The summed E-state index contributed by atoms with van der Waals surface area (Å²) in [5, 5.41) is 0. The molecule has 20 heavy (non-hydrogen) atoms. The number of hydrogen-bond acceptors (Lipinski definition) is 2. The summed E-state index contributed by atoms with van der Waals surface area (Å²) < 4.78 is 26.1. The van der Waals surface area contributed by atoms with Crippen molar-refractivity contribution in [3.63, 3.8) is 0 Å². The van der Waals surface area contributed by atoms with Crippen LogP contribution < -0.4 is 0 Å². The average Bonchev–Trinajstić information content (AvgIpc) is 2.43. The molecule has 3 heteroatoms. The Morgan fingerprint density at radius 3 is 2.45 bits per heavy atom. The Bertz CT molecular complexity index is 479. The van der Waals surface area contributed by atoms with Gasteiger partial charge in [0.25, 0.3) is 0 Å². The van der Waals surface area contributed by atoms with Crippen LogP contribution in [0.25, 0.3) is 0 Å². The Morgan fingerprint density at radius 1 is 1.10 bits per heavy atom. The molecule has 0 bridgehead atoms. The highest BCUT2D eigenvalue weighted by atomic mass is 19.1. The van der Waals surface area contributed by atoms with Crippen LogP contribution in [0.3, 0.4) is 0 Å². The van der Waals surface area contributed by atoms with E-state index >= 15 is 0 Å². The zero-order valence-corrected chi connectivity index (χ0v) is 12.1. The minimum Gasteiger partial charge on any atom is -0.340 e. The Balaban J connectivity index is 2.24. The first-order valence-corrected chi connectivity index (χ1v) is 6.87. The van der Waals surface area contributed by atoms with E-state index in [9.17, 15) is 4.39 Å². The van der Waals surface area contributed by atoms with Gasteiger partial charge in [0.1, 0.15) is 12.2 Å². The van der Waals surface area contributed by atoms with Gasteiger partial charge in [-0.15, -0.1) is 0 Å². The first-order chi connectivity index (χ1) is 9.53. The summed E-state index contributed by atoms with van der Waals surface area (Å²) >= 11 is 0. The summed E-state index contributed by atoms with van der Waals surface area (Å²) in [7, 11) is 0. The number of alkyl halides is 1. The van der Waals surface area contributed by atoms with Crippen LogP contribution in [0.2, 0.25) is 0 Å². The van der Waals surface area contributed by atoms with Gasteiger partial charge in [-0.3, -0.25) is 0 Å². The van der Waals surface area contributed by atoms with Crippen LogP contribution in [0.4, 0.5) is 4.39 Å². The Hall–Kier alpha value is -1.45. The maximum Gasteiger partial charge on any atom is 0.164 e. The van der Waals surface area contributed by atoms with Crippen molar-refractivity contribution in [3.05, 3.63) is 60.2 Å².